The fourth-order valence-corrected chi connectivity index (χ4v) is 2.85. The Morgan fingerprint density at radius 1 is 1.47 bits per heavy atom. The van der Waals surface area contributed by atoms with Gasteiger partial charge < -0.3 is 9.47 Å². The topological polar surface area (TPSA) is 72.3 Å². The molecule has 0 aromatic carbocycles. The molecule has 1 saturated heterocycles. The monoisotopic (exact) mass is 277 g/mol. The van der Waals surface area contributed by atoms with E-state index in [0.29, 0.717) is 13.1 Å². The van der Waals surface area contributed by atoms with E-state index in [1.54, 1.807) is 18.7 Å². The first kappa shape index (κ1) is 12.4. The summed E-state index contributed by atoms with van der Waals surface area (Å²) in [6.45, 7) is 1.25. The number of hydrogen-bond acceptors (Lipinski definition) is 4. The molecule has 8 heteroatoms. The molecular formula is C9H12ClN3O3S. The summed E-state index contributed by atoms with van der Waals surface area (Å²) in [6, 6.07) is 0. The Bertz CT molecular complexity index is 500. The number of aromatic nitrogens is 2. The van der Waals surface area contributed by atoms with Gasteiger partial charge in [0.15, 0.2) is 0 Å². The summed E-state index contributed by atoms with van der Waals surface area (Å²) in [5, 5.41) is -0.778. The molecule has 1 aliphatic heterocycles. The van der Waals surface area contributed by atoms with Crippen molar-refractivity contribution >= 4 is 25.6 Å². The number of nitrogens with zero attached hydrogens (tertiary/aromatic N) is 3. The molecule has 0 radical (unpaired) electrons. The summed E-state index contributed by atoms with van der Waals surface area (Å²) >= 11 is 0. The molecule has 17 heavy (non-hydrogen) atoms. The number of rotatable bonds is 4. The van der Waals surface area contributed by atoms with Crippen molar-refractivity contribution in [3.05, 3.63) is 18.7 Å². The summed E-state index contributed by atoms with van der Waals surface area (Å²) in [5.74, 6) is -0.167. The Kier molecular flexibility index (Phi) is 3.39. The summed E-state index contributed by atoms with van der Waals surface area (Å²) in [5.41, 5.74) is 0. The van der Waals surface area contributed by atoms with Gasteiger partial charge in [-0.25, -0.2) is 13.4 Å². The van der Waals surface area contributed by atoms with E-state index in [1.807, 2.05) is 4.57 Å². The number of imidazole rings is 1. The number of carbonyl (C=O) groups excluding carboxylic acids is 1. The van der Waals surface area contributed by atoms with Crippen LogP contribution in [0.1, 0.15) is 6.42 Å². The van der Waals surface area contributed by atoms with Gasteiger partial charge >= 0.3 is 0 Å². The minimum atomic E-state index is -3.65. The van der Waals surface area contributed by atoms with Gasteiger partial charge in [-0.1, -0.05) is 0 Å². The highest BCUT2D eigenvalue weighted by molar-refractivity contribution is 8.14. The molecule has 2 heterocycles. The lowest BCUT2D eigenvalue weighted by molar-refractivity contribution is -0.127. The summed E-state index contributed by atoms with van der Waals surface area (Å²) < 4.78 is 24.1. The normalized spacial score (nSPS) is 21.1. The van der Waals surface area contributed by atoms with Gasteiger partial charge in [0, 0.05) is 49.1 Å². The SMILES string of the molecule is O=C1CC(S(=O)(=O)Cl)CN1CCn1ccnc1. The number of hydrogen-bond donors (Lipinski definition) is 0. The fraction of sp³-hybridized carbons (Fsp3) is 0.556. The smallest absolute Gasteiger partial charge is 0.237 e. The zero-order valence-electron chi connectivity index (χ0n) is 8.99. The van der Waals surface area contributed by atoms with Crippen molar-refractivity contribution in [3.63, 3.8) is 0 Å². The third-order valence-electron chi connectivity index (χ3n) is 2.76. The Morgan fingerprint density at radius 3 is 2.76 bits per heavy atom. The van der Waals surface area contributed by atoms with Crippen molar-refractivity contribution in [2.24, 2.45) is 0 Å². The third kappa shape index (κ3) is 2.98. The maximum atomic E-state index is 11.6. The molecule has 0 spiro atoms. The largest absolute Gasteiger partial charge is 0.340 e. The Labute approximate surface area is 104 Å². The van der Waals surface area contributed by atoms with Crippen LogP contribution in [0.15, 0.2) is 18.7 Å². The van der Waals surface area contributed by atoms with Gasteiger partial charge in [0.1, 0.15) is 5.25 Å². The molecule has 2 rings (SSSR count). The Balaban J connectivity index is 1.93. The van der Waals surface area contributed by atoms with Gasteiger partial charge in [-0.15, -0.1) is 0 Å². The second-order valence-electron chi connectivity index (χ2n) is 3.94. The third-order valence-corrected chi connectivity index (χ3v) is 4.63. The zero-order chi connectivity index (χ0) is 12.5. The second-order valence-corrected chi connectivity index (χ2v) is 6.85. The molecule has 1 aliphatic rings. The predicted molar refractivity (Wildman–Crippen MR) is 62.0 cm³/mol. The van der Waals surface area contributed by atoms with Crippen molar-refractivity contribution < 1.29 is 13.2 Å². The van der Waals surface area contributed by atoms with Crippen LogP contribution in [0, 0.1) is 0 Å². The van der Waals surface area contributed by atoms with Gasteiger partial charge in [0.25, 0.3) is 0 Å². The van der Waals surface area contributed by atoms with E-state index in [4.69, 9.17) is 10.7 Å². The standard InChI is InChI=1S/C9H12ClN3O3S/c10-17(15,16)8-5-9(14)13(6-8)4-3-12-2-1-11-7-12/h1-2,7-8H,3-6H2. The molecule has 1 atom stereocenters. The molecule has 1 fully saturated rings. The number of amides is 1. The lowest BCUT2D eigenvalue weighted by Crippen LogP contribution is -2.30. The summed E-state index contributed by atoms with van der Waals surface area (Å²) in [4.78, 5) is 17.0. The molecule has 1 aromatic heterocycles. The second kappa shape index (κ2) is 4.66. The number of carbonyl (C=O) groups is 1. The molecule has 94 valence electrons. The van der Waals surface area contributed by atoms with Gasteiger partial charge in [-0.05, 0) is 0 Å². The zero-order valence-corrected chi connectivity index (χ0v) is 10.6. The lowest BCUT2D eigenvalue weighted by atomic mass is 10.4. The van der Waals surface area contributed by atoms with Gasteiger partial charge in [0.2, 0.25) is 15.0 Å². The molecular weight excluding hydrogens is 266 g/mol. The fourth-order valence-electron chi connectivity index (χ4n) is 1.80. The van der Waals surface area contributed by atoms with Crippen LogP contribution in [0.25, 0.3) is 0 Å². The maximum absolute atomic E-state index is 11.6. The molecule has 6 nitrogen and oxygen atoms in total. The van der Waals surface area contributed by atoms with Crippen molar-refractivity contribution in [3.8, 4) is 0 Å². The highest BCUT2D eigenvalue weighted by Crippen LogP contribution is 2.20. The molecule has 1 amide bonds. The Morgan fingerprint density at radius 2 is 2.24 bits per heavy atom. The summed E-state index contributed by atoms with van der Waals surface area (Å²) in [6.07, 6.45) is 5.07. The molecule has 0 saturated carbocycles. The van der Waals surface area contributed by atoms with Crippen LogP contribution in [0.2, 0.25) is 0 Å². The van der Waals surface area contributed by atoms with E-state index in [2.05, 4.69) is 4.98 Å². The molecule has 1 aromatic rings. The summed E-state index contributed by atoms with van der Waals surface area (Å²) in [7, 11) is 1.60. The highest BCUT2D eigenvalue weighted by atomic mass is 35.7. The van der Waals surface area contributed by atoms with E-state index >= 15 is 0 Å². The van der Waals surface area contributed by atoms with Crippen LogP contribution < -0.4 is 0 Å². The van der Waals surface area contributed by atoms with Gasteiger partial charge in [0.05, 0.1) is 6.33 Å². The van der Waals surface area contributed by atoms with Gasteiger partial charge in [-0.3, -0.25) is 4.79 Å². The van der Waals surface area contributed by atoms with Crippen molar-refractivity contribution in [1.82, 2.24) is 14.5 Å². The average Bonchev–Trinajstić information content (AvgIpc) is 2.83. The van der Waals surface area contributed by atoms with E-state index in [1.165, 1.54) is 4.90 Å². The predicted octanol–water partition coefficient (Wildman–Crippen LogP) is 0.0526. The minimum absolute atomic E-state index is 0.0181. The quantitative estimate of drug-likeness (QED) is 0.729. The van der Waals surface area contributed by atoms with Crippen molar-refractivity contribution in [2.75, 3.05) is 13.1 Å². The van der Waals surface area contributed by atoms with Crippen LogP contribution in [-0.4, -0.2) is 47.1 Å². The Hall–Kier alpha value is -1.08. The molecule has 0 aliphatic carbocycles. The first-order chi connectivity index (χ1) is 7.97. The van der Waals surface area contributed by atoms with Crippen LogP contribution in [-0.2, 0) is 20.4 Å². The maximum Gasteiger partial charge on any atom is 0.237 e. The van der Waals surface area contributed by atoms with Crippen LogP contribution in [0.5, 0.6) is 0 Å². The molecule has 1 unspecified atom stereocenters. The van der Waals surface area contributed by atoms with Crippen LogP contribution in [0.3, 0.4) is 0 Å². The first-order valence-corrected chi connectivity index (χ1v) is 7.51. The minimum Gasteiger partial charge on any atom is -0.340 e. The molecule has 0 bridgehead atoms. The number of likely N-dealkylation sites (tertiary alicyclic amines) is 1. The average molecular weight is 278 g/mol. The van der Waals surface area contributed by atoms with E-state index in [-0.39, 0.29) is 18.9 Å². The van der Waals surface area contributed by atoms with E-state index in [9.17, 15) is 13.2 Å². The molecule has 0 N–H and O–H groups in total. The van der Waals surface area contributed by atoms with E-state index in [0.717, 1.165) is 0 Å². The number of halogens is 1. The highest BCUT2D eigenvalue weighted by Gasteiger charge is 2.36. The van der Waals surface area contributed by atoms with E-state index < -0.39 is 14.3 Å². The first-order valence-electron chi connectivity index (χ1n) is 5.14. The van der Waals surface area contributed by atoms with Crippen LogP contribution >= 0.6 is 10.7 Å². The lowest BCUT2D eigenvalue weighted by Gasteiger charge is -2.15. The van der Waals surface area contributed by atoms with Crippen molar-refractivity contribution in [1.29, 1.82) is 0 Å². The van der Waals surface area contributed by atoms with Crippen LogP contribution in [0.4, 0.5) is 0 Å². The van der Waals surface area contributed by atoms with Gasteiger partial charge in [-0.2, -0.15) is 0 Å². The van der Waals surface area contributed by atoms with Crippen molar-refractivity contribution in [2.45, 2.75) is 18.2 Å².